The van der Waals surface area contributed by atoms with E-state index in [0.29, 0.717) is 11.0 Å². The fourth-order valence-electron chi connectivity index (χ4n) is 1.18. The van der Waals surface area contributed by atoms with Gasteiger partial charge >= 0.3 is 0 Å². The lowest BCUT2D eigenvalue weighted by Gasteiger charge is -2.08. The normalized spacial score (nSPS) is 10.3. The van der Waals surface area contributed by atoms with Gasteiger partial charge in [0.15, 0.2) is 5.82 Å². The van der Waals surface area contributed by atoms with Crippen LogP contribution in [-0.2, 0) is 0 Å². The van der Waals surface area contributed by atoms with E-state index >= 15 is 0 Å². The van der Waals surface area contributed by atoms with Gasteiger partial charge in [0.25, 0.3) is 0 Å². The van der Waals surface area contributed by atoms with Gasteiger partial charge in [-0.25, -0.2) is 10.8 Å². The second kappa shape index (κ2) is 3.01. The van der Waals surface area contributed by atoms with E-state index in [1.54, 1.807) is 6.07 Å². The summed E-state index contributed by atoms with van der Waals surface area (Å²) in [6, 6.07) is 11.1. The van der Waals surface area contributed by atoms with Crippen LogP contribution in [0.5, 0.6) is 0 Å². The topological polar surface area (TPSA) is 62.4 Å². The number of benzene rings is 1. The van der Waals surface area contributed by atoms with Gasteiger partial charge in [0.1, 0.15) is 0 Å². The van der Waals surface area contributed by atoms with Gasteiger partial charge in [0, 0.05) is 5.39 Å². The molecular formula is C9H9N3O. The van der Waals surface area contributed by atoms with E-state index in [1.165, 1.54) is 0 Å². The second-order valence-corrected chi connectivity index (χ2v) is 2.71. The first-order valence-electron chi connectivity index (χ1n) is 3.87. The molecule has 0 bridgehead atoms. The minimum Gasteiger partial charge on any atom is -0.272 e. The number of hydrogen-bond acceptors (Lipinski definition) is 4. The smallest absolute Gasteiger partial charge is 0.170 e. The van der Waals surface area contributed by atoms with Gasteiger partial charge in [-0.3, -0.25) is 5.21 Å². The highest BCUT2D eigenvalue weighted by Gasteiger charge is 1.99. The van der Waals surface area contributed by atoms with Crippen LogP contribution in [0.3, 0.4) is 0 Å². The van der Waals surface area contributed by atoms with E-state index in [9.17, 15) is 0 Å². The average Bonchev–Trinajstić information content (AvgIpc) is 2.17. The van der Waals surface area contributed by atoms with E-state index in [0.717, 1.165) is 10.9 Å². The van der Waals surface area contributed by atoms with Gasteiger partial charge in [-0.2, -0.15) is 5.17 Å². The molecule has 4 heteroatoms. The zero-order valence-electron chi connectivity index (χ0n) is 6.88. The summed E-state index contributed by atoms with van der Waals surface area (Å²) in [5, 5.41) is 10.5. The lowest BCUT2D eigenvalue weighted by Crippen LogP contribution is -2.26. The SMILES string of the molecule is NN(O)c1ccc2ccccc2n1. The van der Waals surface area contributed by atoms with Crippen molar-refractivity contribution in [3.63, 3.8) is 0 Å². The Hall–Kier alpha value is -1.65. The highest BCUT2D eigenvalue weighted by Crippen LogP contribution is 2.14. The van der Waals surface area contributed by atoms with Crippen LogP contribution in [0.1, 0.15) is 0 Å². The number of para-hydroxylation sites is 1. The summed E-state index contributed by atoms with van der Waals surface area (Å²) in [5.74, 6) is 5.46. The summed E-state index contributed by atoms with van der Waals surface area (Å²) in [6.07, 6.45) is 0. The number of hydrogen-bond donors (Lipinski definition) is 2. The molecule has 0 fully saturated rings. The average molecular weight is 175 g/mol. The van der Waals surface area contributed by atoms with Gasteiger partial charge in [-0.05, 0) is 18.2 Å². The predicted molar refractivity (Wildman–Crippen MR) is 50.2 cm³/mol. The highest BCUT2D eigenvalue weighted by molar-refractivity contribution is 5.79. The third-order valence-electron chi connectivity index (χ3n) is 1.82. The molecule has 0 amide bonds. The largest absolute Gasteiger partial charge is 0.272 e. The first kappa shape index (κ1) is 7.97. The van der Waals surface area contributed by atoms with Gasteiger partial charge in [-0.1, -0.05) is 18.2 Å². The lowest BCUT2D eigenvalue weighted by atomic mass is 10.2. The van der Waals surface area contributed by atoms with Crippen LogP contribution in [0, 0.1) is 0 Å². The van der Waals surface area contributed by atoms with Crippen molar-refractivity contribution in [3.05, 3.63) is 36.4 Å². The third kappa shape index (κ3) is 1.44. The molecule has 2 aromatic rings. The first-order chi connectivity index (χ1) is 6.27. The van der Waals surface area contributed by atoms with Crippen molar-refractivity contribution in [1.82, 2.24) is 4.98 Å². The molecule has 0 saturated heterocycles. The molecule has 1 aromatic carbocycles. The molecule has 1 aromatic heterocycles. The zero-order valence-corrected chi connectivity index (χ0v) is 6.88. The van der Waals surface area contributed by atoms with E-state index in [-0.39, 0.29) is 0 Å². The highest BCUT2D eigenvalue weighted by atomic mass is 16.5. The maximum absolute atomic E-state index is 8.93. The number of pyridine rings is 1. The number of fused-ring (bicyclic) bond motifs is 1. The molecule has 0 spiro atoms. The van der Waals surface area contributed by atoms with Gasteiger partial charge in [-0.15, -0.1) is 0 Å². The van der Waals surface area contributed by atoms with Crippen LogP contribution in [0.2, 0.25) is 0 Å². The fraction of sp³-hybridized carbons (Fsp3) is 0. The minimum atomic E-state index is 0.332. The lowest BCUT2D eigenvalue weighted by molar-refractivity contribution is 0.255. The molecule has 2 rings (SSSR count). The molecule has 0 atom stereocenters. The van der Waals surface area contributed by atoms with Crippen molar-refractivity contribution in [2.24, 2.45) is 5.84 Å². The van der Waals surface area contributed by atoms with Crippen LogP contribution >= 0.6 is 0 Å². The Morgan fingerprint density at radius 2 is 1.92 bits per heavy atom. The summed E-state index contributed by atoms with van der Waals surface area (Å²) in [7, 11) is 0. The van der Waals surface area contributed by atoms with Gasteiger partial charge in [0.05, 0.1) is 5.52 Å². The molecular weight excluding hydrogens is 166 g/mol. The standard InChI is InChI=1S/C9H9N3O/c10-12(13)9-6-5-7-3-1-2-4-8(7)11-9/h1-6,13H,10H2. The Balaban J connectivity index is 2.62. The van der Waals surface area contributed by atoms with Crippen molar-refractivity contribution in [2.45, 2.75) is 0 Å². The molecule has 3 N–H and O–H groups in total. The second-order valence-electron chi connectivity index (χ2n) is 2.71. The van der Waals surface area contributed by atoms with Crippen molar-refractivity contribution in [1.29, 1.82) is 0 Å². The number of nitrogens with zero attached hydrogens (tertiary/aromatic N) is 2. The van der Waals surface area contributed by atoms with Crippen LogP contribution in [0.15, 0.2) is 36.4 Å². The quantitative estimate of drug-likeness (QED) is 0.506. The van der Waals surface area contributed by atoms with Gasteiger partial charge < -0.3 is 0 Å². The molecule has 0 radical (unpaired) electrons. The summed E-state index contributed by atoms with van der Waals surface area (Å²) in [5.41, 5.74) is 0.810. The van der Waals surface area contributed by atoms with Gasteiger partial charge in [0.2, 0.25) is 0 Å². The predicted octanol–water partition coefficient (Wildman–Crippen LogP) is 1.30. The van der Waals surface area contributed by atoms with E-state index in [1.807, 2.05) is 30.3 Å². The Bertz CT molecular complexity index is 428. The van der Waals surface area contributed by atoms with Crippen LogP contribution in [0.25, 0.3) is 10.9 Å². The minimum absolute atomic E-state index is 0.332. The first-order valence-corrected chi connectivity index (χ1v) is 3.87. The Labute approximate surface area is 75.2 Å². The molecule has 0 saturated carbocycles. The molecule has 0 aliphatic heterocycles. The molecule has 0 aliphatic carbocycles. The zero-order chi connectivity index (χ0) is 9.26. The molecule has 1 heterocycles. The number of nitrogens with two attached hydrogens (primary N) is 1. The summed E-state index contributed by atoms with van der Waals surface area (Å²) in [4.78, 5) is 4.13. The summed E-state index contributed by atoms with van der Waals surface area (Å²) >= 11 is 0. The summed E-state index contributed by atoms with van der Waals surface area (Å²) in [6.45, 7) is 0. The van der Waals surface area contributed by atoms with Crippen molar-refractivity contribution >= 4 is 16.7 Å². The molecule has 0 unspecified atom stereocenters. The number of hydrazine groups is 1. The Morgan fingerprint density at radius 3 is 2.69 bits per heavy atom. The maximum atomic E-state index is 8.93. The molecule has 66 valence electrons. The number of aromatic nitrogens is 1. The molecule has 13 heavy (non-hydrogen) atoms. The van der Waals surface area contributed by atoms with Crippen LogP contribution in [0.4, 0.5) is 5.82 Å². The van der Waals surface area contributed by atoms with Crippen LogP contribution in [-0.4, -0.2) is 10.2 Å². The van der Waals surface area contributed by atoms with Crippen molar-refractivity contribution in [3.8, 4) is 0 Å². The van der Waals surface area contributed by atoms with Crippen molar-refractivity contribution in [2.75, 3.05) is 5.17 Å². The molecule has 0 aliphatic rings. The van der Waals surface area contributed by atoms with Crippen LogP contribution < -0.4 is 11.0 Å². The maximum Gasteiger partial charge on any atom is 0.170 e. The van der Waals surface area contributed by atoms with E-state index < -0.39 is 0 Å². The van der Waals surface area contributed by atoms with E-state index in [4.69, 9.17) is 11.0 Å². The molecule has 4 nitrogen and oxygen atoms in total. The third-order valence-corrected chi connectivity index (χ3v) is 1.82. The van der Waals surface area contributed by atoms with E-state index in [2.05, 4.69) is 4.98 Å². The van der Waals surface area contributed by atoms with Crippen molar-refractivity contribution < 1.29 is 5.21 Å². The Kier molecular flexibility index (Phi) is 1.84. The Morgan fingerprint density at radius 1 is 1.15 bits per heavy atom. The number of anilines is 1. The monoisotopic (exact) mass is 175 g/mol. The fourth-order valence-corrected chi connectivity index (χ4v) is 1.18. The number of rotatable bonds is 1. The summed E-state index contributed by atoms with van der Waals surface area (Å²) < 4.78 is 0.